The molecule has 0 saturated heterocycles. The second-order valence-electron chi connectivity index (χ2n) is 4.30. The third-order valence-electron chi connectivity index (χ3n) is 2.77. The molecule has 1 aromatic rings. The standard InChI is InChI=1S/C14H26N4OS/c1-4-12-11-18-13(20-12)7-9-17-14(15-3)16-8-6-10-19-5-2/h11H,4-10H2,1-3H3,(H2,15,16,17). The Hall–Kier alpha value is -1.14. The molecule has 5 nitrogen and oxygen atoms in total. The smallest absolute Gasteiger partial charge is 0.190 e. The lowest BCUT2D eigenvalue weighted by molar-refractivity contribution is 0.145. The van der Waals surface area contributed by atoms with Gasteiger partial charge in [-0.25, -0.2) is 4.98 Å². The fraction of sp³-hybridized carbons (Fsp3) is 0.714. The van der Waals surface area contributed by atoms with Crippen LogP contribution in [0.3, 0.4) is 0 Å². The Labute approximate surface area is 125 Å². The van der Waals surface area contributed by atoms with Crippen molar-refractivity contribution in [3.05, 3.63) is 16.1 Å². The average molecular weight is 298 g/mol. The van der Waals surface area contributed by atoms with Gasteiger partial charge in [0, 0.05) is 50.8 Å². The number of aromatic nitrogens is 1. The highest BCUT2D eigenvalue weighted by Gasteiger charge is 2.01. The van der Waals surface area contributed by atoms with E-state index in [1.807, 2.05) is 13.1 Å². The highest BCUT2D eigenvalue weighted by molar-refractivity contribution is 7.11. The van der Waals surface area contributed by atoms with E-state index in [0.29, 0.717) is 0 Å². The van der Waals surface area contributed by atoms with Gasteiger partial charge < -0.3 is 15.4 Å². The van der Waals surface area contributed by atoms with Gasteiger partial charge in [0.05, 0.1) is 5.01 Å². The fourth-order valence-electron chi connectivity index (χ4n) is 1.66. The lowest BCUT2D eigenvalue weighted by Gasteiger charge is -2.11. The molecular formula is C14H26N4OS. The molecule has 114 valence electrons. The molecular weight excluding hydrogens is 272 g/mol. The Balaban J connectivity index is 2.14. The molecule has 0 aromatic carbocycles. The summed E-state index contributed by atoms with van der Waals surface area (Å²) in [5.41, 5.74) is 0. The van der Waals surface area contributed by atoms with Gasteiger partial charge in [-0.1, -0.05) is 6.92 Å². The maximum Gasteiger partial charge on any atom is 0.190 e. The van der Waals surface area contributed by atoms with Crippen molar-refractivity contribution in [1.82, 2.24) is 15.6 Å². The van der Waals surface area contributed by atoms with Crippen molar-refractivity contribution in [2.45, 2.75) is 33.1 Å². The Kier molecular flexibility index (Phi) is 8.98. The lowest BCUT2D eigenvalue weighted by atomic mass is 10.4. The summed E-state index contributed by atoms with van der Waals surface area (Å²) in [6.45, 7) is 7.46. The topological polar surface area (TPSA) is 58.5 Å². The molecule has 0 fully saturated rings. The Morgan fingerprint density at radius 1 is 1.35 bits per heavy atom. The zero-order valence-corrected chi connectivity index (χ0v) is 13.6. The van der Waals surface area contributed by atoms with Crippen molar-refractivity contribution in [1.29, 1.82) is 0 Å². The summed E-state index contributed by atoms with van der Waals surface area (Å²) in [6, 6.07) is 0. The van der Waals surface area contributed by atoms with Crippen LogP contribution in [-0.4, -0.2) is 44.3 Å². The van der Waals surface area contributed by atoms with Crippen molar-refractivity contribution < 1.29 is 4.74 Å². The van der Waals surface area contributed by atoms with E-state index >= 15 is 0 Å². The van der Waals surface area contributed by atoms with Crippen LogP contribution in [-0.2, 0) is 17.6 Å². The number of hydrogen-bond donors (Lipinski definition) is 2. The third-order valence-corrected chi connectivity index (χ3v) is 3.97. The van der Waals surface area contributed by atoms with Crippen LogP contribution >= 0.6 is 11.3 Å². The zero-order chi connectivity index (χ0) is 14.6. The molecule has 0 aliphatic carbocycles. The van der Waals surface area contributed by atoms with Crippen LogP contribution in [0.5, 0.6) is 0 Å². The summed E-state index contributed by atoms with van der Waals surface area (Å²) in [5, 5.41) is 7.76. The number of hydrogen-bond acceptors (Lipinski definition) is 4. The molecule has 6 heteroatoms. The largest absolute Gasteiger partial charge is 0.382 e. The maximum atomic E-state index is 5.29. The van der Waals surface area contributed by atoms with Gasteiger partial charge in [0.25, 0.3) is 0 Å². The monoisotopic (exact) mass is 298 g/mol. The molecule has 1 rings (SSSR count). The number of aryl methyl sites for hydroxylation is 1. The van der Waals surface area contributed by atoms with E-state index in [1.54, 1.807) is 18.4 Å². The Bertz CT molecular complexity index is 392. The van der Waals surface area contributed by atoms with Crippen LogP contribution in [0.25, 0.3) is 0 Å². The Morgan fingerprint density at radius 2 is 2.15 bits per heavy atom. The molecule has 2 N–H and O–H groups in total. The average Bonchev–Trinajstić information content (AvgIpc) is 2.93. The predicted octanol–water partition coefficient (Wildman–Crippen LogP) is 1.84. The number of guanidine groups is 1. The van der Waals surface area contributed by atoms with E-state index in [9.17, 15) is 0 Å². The molecule has 0 amide bonds. The van der Waals surface area contributed by atoms with Crippen molar-refractivity contribution in [3.8, 4) is 0 Å². The number of nitrogens with one attached hydrogen (secondary N) is 2. The van der Waals surface area contributed by atoms with Gasteiger partial charge in [-0.2, -0.15) is 0 Å². The van der Waals surface area contributed by atoms with Gasteiger partial charge in [-0.05, 0) is 19.8 Å². The summed E-state index contributed by atoms with van der Waals surface area (Å²) in [4.78, 5) is 9.95. The highest BCUT2D eigenvalue weighted by Crippen LogP contribution is 2.13. The van der Waals surface area contributed by atoms with E-state index in [4.69, 9.17) is 4.74 Å². The molecule has 0 bridgehead atoms. The van der Waals surface area contributed by atoms with E-state index in [0.717, 1.165) is 51.5 Å². The molecule has 0 atom stereocenters. The van der Waals surface area contributed by atoms with Gasteiger partial charge in [0.1, 0.15) is 0 Å². The summed E-state index contributed by atoms with van der Waals surface area (Å²) in [7, 11) is 1.79. The highest BCUT2D eigenvalue weighted by atomic mass is 32.1. The van der Waals surface area contributed by atoms with Crippen LogP contribution in [0, 0.1) is 0 Å². The number of rotatable bonds is 9. The summed E-state index contributed by atoms with van der Waals surface area (Å²) in [6.07, 6.45) is 4.96. The van der Waals surface area contributed by atoms with E-state index < -0.39 is 0 Å². The summed E-state index contributed by atoms with van der Waals surface area (Å²) in [5.74, 6) is 0.841. The van der Waals surface area contributed by atoms with Gasteiger partial charge in [0.2, 0.25) is 0 Å². The van der Waals surface area contributed by atoms with Crippen LogP contribution in [0.1, 0.15) is 30.2 Å². The number of aliphatic imine (C=N–C) groups is 1. The number of nitrogens with zero attached hydrogens (tertiary/aromatic N) is 2. The number of thiazole rings is 1. The summed E-state index contributed by atoms with van der Waals surface area (Å²) >= 11 is 1.79. The molecule has 0 spiro atoms. The number of ether oxygens (including phenoxy) is 1. The molecule has 0 aliphatic rings. The van der Waals surface area contributed by atoms with Crippen molar-refractivity contribution >= 4 is 17.3 Å². The minimum atomic E-state index is 0.778. The minimum Gasteiger partial charge on any atom is -0.382 e. The zero-order valence-electron chi connectivity index (χ0n) is 12.7. The van der Waals surface area contributed by atoms with Crippen molar-refractivity contribution in [2.24, 2.45) is 4.99 Å². The van der Waals surface area contributed by atoms with E-state index in [1.165, 1.54) is 9.88 Å². The quantitative estimate of drug-likeness (QED) is 0.415. The van der Waals surface area contributed by atoms with Gasteiger partial charge in [-0.3, -0.25) is 4.99 Å². The third kappa shape index (κ3) is 6.86. The first kappa shape index (κ1) is 16.9. The molecule has 0 saturated carbocycles. The Morgan fingerprint density at radius 3 is 2.80 bits per heavy atom. The first-order chi connectivity index (χ1) is 9.80. The first-order valence-corrected chi connectivity index (χ1v) is 8.07. The van der Waals surface area contributed by atoms with E-state index in [2.05, 4.69) is 27.5 Å². The minimum absolute atomic E-state index is 0.778. The molecule has 1 aromatic heterocycles. The molecule has 20 heavy (non-hydrogen) atoms. The van der Waals surface area contributed by atoms with Gasteiger partial charge >= 0.3 is 0 Å². The van der Waals surface area contributed by atoms with Crippen LogP contribution < -0.4 is 10.6 Å². The van der Waals surface area contributed by atoms with Gasteiger partial charge in [-0.15, -0.1) is 11.3 Å². The van der Waals surface area contributed by atoms with E-state index in [-0.39, 0.29) is 0 Å². The molecule has 0 aliphatic heterocycles. The van der Waals surface area contributed by atoms with Crippen molar-refractivity contribution in [3.63, 3.8) is 0 Å². The summed E-state index contributed by atoms with van der Waals surface area (Å²) < 4.78 is 5.29. The SMILES string of the molecule is CCOCCCNC(=NC)NCCc1ncc(CC)s1. The van der Waals surface area contributed by atoms with Crippen LogP contribution in [0.15, 0.2) is 11.2 Å². The molecule has 1 heterocycles. The van der Waals surface area contributed by atoms with Crippen LogP contribution in [0.2, 0.25) is 0 Å². The second kappa shape index (κ2) is 10.6. The van der Waals surface area contributed by atoms with Gasteiger partial charge in [0.15, 0.2) is 5.96 Å². The molecule has 0 unspecified atom stereocenters. The van der Waals surface area contributed by atoms with Crippen LogP contribution in [0.4, 0.5) is 0 Å². The predicted molar refractivity (Wildman–Crippen MR) is 85.7 cm³/mol. The lowest BCUT2D eigenvalue weighted by Crippen LogP contribution is -2.39. The second-order valence-corrected chi connectivity index (χ2v) is 5.50. The molecule has 0 radical (unpaired) electrons. The normalized spacial score (nSPS) is 11.7. The first-order valence-electron chi connectivity index (χ1n) is 7.26. The maximum absolute atomic E-state index is 5.29. The van der Waals surface area contributed by atoms with Crippen molar-refractivity contribution in [2.75, 3.05) is 33.4 Å². The fourth-order valence-corrected chi connectivity index (χ4v) is 2.52.